The molecule has 0 spiro atoms. The molecule has 19 heavy (non-hydrogen) atoms. The van der Waals surface area contributed by atoms with E-state index in [9.17, 15) is 0 Å². The number of benzene rings is 1. The van der Waals surface area contributed by atoms with Crippen LogP contribution in [0, 0.1) is 0 Å². The average Bonchev–Trinajstić information content (AvgIpc) is 2.84. The highest BCUT2D eigenvalue weighted by atomic mass is 79.9. The van der Waals surface area contributed by atoms with Gasteiger partial charge < -0.3 is 10.5 Å². The Labute approximate surface area is 120 Å². The lowest BCUT2D eigenvalue weighted by Crippen LogP contribution is -1.97. The molecule has 0 aliphatic carbocycles. The Kier molecular flexibility index (Phi) is 3.42. The molecule has 0 fully saturated rings. The number of nitrogens with two attached hydrogens (primary N) is 1. The van der Waals surface area contributed by atoms with Gasteiger partial charge in [-0.3, -0.25) is 0 Å². The fourth-order valence-electron chi connectivity index (χ4n) is 2.46. The highest BCUT2D eigenvalue weighted by Crippen LogP contribution is 2.33. The summed E-state index contributed by atoms with van der Waals surface area (Å²) in [5.41, 5.74) is 9.47. The summed E-state index contributed by atoms with van der Waals surface area (Å²) in [5.74, 6) is 1.65. The number of anilines is 1. The number of nitrogen functional groups attached to an aromatic ring is 1. The Morgan fingerprint density at radius 1 is 1.26 bits per heavy atom. The van der Waals surface area contributed by atoms with Crippen molar-refractivity contribution < 1.29 is 4.74 Å². The van der Waals surface area contributed by atoms with Gasteiger partial charge in [0.15, 0.2) is 0 Å². The Hall–Kier alpha value is -1.55. The van der Waals surface area contributed by atoms with Crippen LogP contribution < -0.4 is 10.5 Å². The molecule has 3 rings (SSSR count). The predicted molar refractivity (Wildman–Crippen MR) is 79.4 cm³/mol. The molecule has 0 unspecified atom stereocenters. The summed E-state index contributed by atoms with van der Waals surface area (Å²) in [6, 6.07) is 8.24. The number of nitrogens with zero attached hydrogens (tertiary/aromatic N) is 1. The molecule has 1 aliphatic heterocycles. The number of fused-ring (bicyclic) bond motifs is 1. The summed E-state index contributed by atoms with van der Waals surface area (Å²) in [4.78, 5) is 4.01. The van der Waals surface area contributed by atoms with Crippen LogP contribution in [-0.4, -0.2) is 11.6 Å². The van der Waals surface area contributed by atoms with Crippen LogP contribution in [0.4, 0.5) is 5.82 Å². The fraction of sp³-hybridized carbons (Fsp3) is 0.267. The third kappa shape index (κ3) is 2.73. The zero-order chi connectivity index (χ0) is 13.2. The minimum absolute atomic E-state index is 0.577. The minimum Gasteiger partial charge on any atom is -0.493 e. The molecule has 0 bridgehead atoms. The normalized spacial score (nSPS) is 13.1. The van der Waals surface area contributed by atoms with E-state index in [2.05, 4.69) is 33.0 Å². The van der Waals surface area contributed by atoms with Gasteiger partial charge in [0, 0.05) is 17.1 Å². The molecular formula is C15H15BrN2O. The maximum atomic E-state index is 5.74. The molecular weight excluding hydrogens is 304 g/mol. The second-order valence-corrected chi connectivity index (χ2v) is 5.66. The second-order valence-electron chi connectivity index (χ2n) is 4.74. The Bertz CT molecular complexity index is 613. The SMILES string of the molecule is Nc1cc(CCc2cc(Br)cc3c2OCC3)ccn1. The van der Waals surface area contributed by atoms with Crippen LogP contribution in [0.25, 0.3) is 0 Å². The molecule has 0 atom stereocenters. The highest BCUT2D eigenvalue weighted by Gasteiger charge is 2.17. The molecule has 0 amide bonds. The largest absolute Gasteiger partial charge is 0.493 e. The fourth-order valence-corrected chi connectivity index (χ4v) is 3.01. The quantitative estimate of drug-likeness (QED) is 0.945. The van der Waals surface area contributed by atoms with Crippen LogP contribution >= 0.6 is 15.9 Å². The van der Waals surface area contributed by atoms with Crippen molar-refractivity contribution in [2.45, 2.75) is 19.3 Å². The van der Waals surface area contributed by atoms with Gasteiger partial charge in [-0.25, -0.2) is 4.98 Å². The van der Waals surface area contributed by atoms with E-state index in [4.69, 9.17) is 10.5 Å². The smallest absolute Gasteiger partial charge is 0.125 e. The Balaban J connectivity index is 1.81. The molecule has 2 aromatic rings. The molecule has 4 heteroatoms. The van der Waals surface area contributed by atoms with Crippen LogP contribution in [0.3, 0.4) is 0 Å². The lowest BCUT2D eigenvalue weighted by atomic mass is 10.0. The van der Waals surface area contributed by atoms with Crippen molar-refractivity contribution in [2.75, 3.05) is 12.3 Å². The number of hydrogen-bond donors (Lipinski definition) is 1. The molecule has 1 aliphatic rings. The average molecular weight is 319 g/mol. The Morgan fingerprint density at radius 3 is 3.00 bits per heavy atom. The third-order valence-corrected chi connectivity index (χ3v) is 3.81. The van der Waals surface area contributed by atoms with Gasteiger partial charge in [-0.1, -0.05) is 15.9 Å². The van der Waals surface area contributed by atoms with E-state index in [-0.39, 0.29) is 0 Å². The molecule has 2 N–H and O–H groups in total. The first-order valence-electron chi connectivity index (χ1n) is 6.37. The summed E-state index contributed by atoms with van der Waals surface area (Å²) in [5, 5.41) is 0. The van der Waals surface area contributed by atoms with Crippen molar-refractivity contribution in [2.24, 2.45) is 0 Å². The predicted octanol–water partition coefficient (Wildman–Crippen LogP) is 3.15. The molecule has 0 saturated carbocycles. The van der Waals surface area contributed by atoms with Crippen LogP contribution in [0.1, 0.15) is 16.7 Å². The van der Waals surface area contributed by atoms with Crippen LogP contribution in [0.15, 0.2) is 34.9 Å². The monoisotopic (exact) mass is 318 g/mol. The van der Waals surface area contributed by atoms with Crippen molar-refractivity contribution >= 4 is 21.7 Å². The van der Waals surface area contributed by atoms with Gasteiger partial charge in [-0.2, -0.15) is 0 Å². The van der Waals surface area contributed by atoms with Gasteiger partial charge in [0.05, 0.1) is 6.61 Å². The molecule has 2 heterocycles. The number of rotatable bonds is 3. The third-order valence-electron chi connectivity index (χ3n) is 3.35. The Morgan fingerprint density at radius 2 is 2.16 bits per heavy atom. The van der Waals surface area contributed by atoms with Gasteiger partial charge in [0.25, 0.3) is 0 Å². The van der Waals surface area contributed by atoms with Gasteiger partial charge in [0.1, 0.15) is 11.6 Å². The molecule has 0 radical (unpaired) electrons. The summed E-state index contributed by atoms with van der Waals surface area (Å²) in [7, 11) is 0. The van der Waals surface area contributed by atoms with Crippen molar-refractivity contribution in [3.8, 4) is 5.75 Å². The van der Waals surface area contributed by atoms with Crippen molar-refractivity contribution in [1.29, 1.82) is 0 Å². The maximum absolute atomic E-state index is 5.74. The topological polar surface area (TPSA) is 48.1 Å². The molecule has 1 aromatic carbocycles. The first-order chi connectivity index (χ1) is 9.22. The zero-order valence-electron chi connectivity index (χ0n) is 10.5. The van der Waals surface area contributed by atoms with E-state index in [1.165, 1.54) is 16.7 Å². The first-order valence-corrected chi connectivity index (χ1v) is 7.16. The van der Waals surface area contributed by atoms with Crippen LogP contribution in [0.2, 0.25) is 0 Å². The maximum Gasteiger partial charge on any atom is 0.125 e. The van der Waals surface area contributed by atoms with E-state index < -0.39 is 0 Å². The molecule has 3 nitrogen and oxygen atoms in total. The number of hydrogen-bond acceptors (Lipinski definition) is 3. The van der Waals surface area contributed by atoms with Gasteiger partial charge in [-0.15, -0.1) is 0 Å². The molecule has 0 saturated heterocycles. The zero-order valence-corrected chi connectivity index (χ0v) is 12.1. The number of ether oxygens (including phenoxy) is 1. The van der Waals surface area contributed by atoms with E-state index in [0.29, 0.717) is 5.82 Å². The summed E-state index contributed by atoms with van der Waals surface area (Å²) in [6.45, 7) is 0.793. The number of aryl methyl sites for hydroxylation is 2. The summed E-state index contributed by atoms with van der Waals surface area (Å²) < 4.78 is 6.86. The van der Waals surface area contributed by atoms with E-state index >= 15 is 0 Å². The van der Waals surface area contributed by atoms with Gasteiger partial charge in [0.2, 0.25) is 0 Å². The summed E-state index contributed by atoms with van der Waals surface area (Å²) in [6.07, 6.45) is 4.65. The van der Waals surface area contributed by atoms with Crippen LogP contribution in [-0.2, 0) is 19.3 Å². The standard InChI is InChI=1S/C15H15BrN2O/c16-13-8-11(15-12(9-13)4-6-19-15)2-1-10-3-5-18-14(17)7-10/h3,5,7-9H,1-2,4,6H2,(H2,17,18). The number of halogens is 1. The second kappa shape index (κ2) is 5.21. The lowest BCUT2D eigenvalue weighted by molar-refractivity contribution is 0.353. The minimum atomic E-state index is 0.577. The van der Waals surface area contributed by atoms with Crippen LogP contribution in [0.5, 0.6) is 5.75 Å². The molecule has 1 aromatic heterocycles. The van der Waals surface area contributed by atoms with E-state index in [1.807, 2.05) is 12.1 Å². The van der Waals surface area contributed by atoms with Crippen molar-refractivity contribution in [3.05, 3.63) is 51.6 Å². The molecule has 98 valence electrons. The lowest BCUT2D eigenvalue weighted by Gasteiger charge is -2.09. The number of pyridine rings is 1. The van der Waals surface area contributed by atoms with Crippen molar-refractivity contribution in [3.63, 3.8) is 0 Å². The number of aromatic nitrogens is 1. The van der Waals surface area contributed by atoms with E-state index in [0.717, 1.165) is 36.1 Å². The van der Waals surface area contributed by atoms with Gasteiger partial charge >= 0.3 is 0 Å². The highest BCUT2D eigenvalue weighted by molar-refractivity contribution is 9.10. The van der Waals surface area contributed by atoms with Gasteiger partial charge in [-0.05, 0) is 53.8 Å². The summed E-state index contributed by atoms with van der Waals surface area (Å²) >= 11 is 3.57. The van der Waals surface area contributed by atoms with Crippen molar-refractivity contribution in [1.82, 2.24) is 4.98 Å². The first kappa shape index (κ1) is 12.5. The van der Waals surface area contributed by atoms with E-state index in [1.54, 1.807) is 6.20 Å².